The number of hydrogen-bond acceptors (Lipinski definition) is 6. The van der Waals surface area contributed by atoms with Gasteiger partial charge in [0.05, 0.1) is 25.2 Å². The number of halogens is 1. The highest BCUT2D eigenvalue weighted by molar-refractivity contribution is 8.15. The molecule has 2 aromatic rings. The van der Waals surface area contributed by atoms with Crippen molar-refractivity contribution in [3.05, 3.63) is 53.8 Å². The summed E-state index contributed by atoms with van der Waals surface area (Å²) in [7, 11) is 3.12. The molecule has 1 heterocycles. The number of primary amides is 1. The van der Waals surface area contributed by atoms with Gasteiger partial charge >= 0.3 is 0 Å². The van der Waals surface area contributed by atoms with Crippen molar-refractivity contribution in [1.29, 1.82) is 0 Å². The molecule has 1 saturated heterocycles. The molecule has 0 radical (unpaired) electrons. The van der Waals surface area contributed by atoms with Gasteiger partial charge in [0.2, 0.25) is 11.8 Å². The summed E-state index contributed by atoms with van der Waals surface area (Å²) in [4.78, 5) is 30.4. The number of ether oxygens (including phenoxy) is 2. The summed E-state index contributed by atoms with van der Waals surface area (Å²) in [6, 6.07) is 11.1. The van der Waals surface area contributed by atoms with Crippen molar-refractivity contribution in [3.8, 4) is 11.5 Å². The van der Waals surface area contributed by atoms with Crippen LogP contribution in [0.5, 0.6) is 11.5 Å². The maximum Gasteiger partial charge on any atom is 0.231 e. The molecule has 0 aliphatic carbocycles. The number of thioether (sulfide) groups is 1. The predicted molar refractivity (Wildman–Crippen MR) is 114 cm³/mol. The molecule has 0 saturated carbocycles. The first-order chi connectivity index (χ1) is 14.4. The van der Waals surface area contributed by atoms with Gasteiger partial charge in [-0.3, -0.25) is 14.5 Å². The van der Waals surface area contributed by atoms with E-state index in [9.17, 15) is 14.0 Å². The molecule has 1 fully saturated rings. The highest BCUT2D eigenvalue weighted by Gasteiger charge is 2.34. The second kappa shape index (κ2) is 9.62. The molecule has 1 aliphatic heterocycles. The van der Waals surface area contributed by atoms with Crippen molar-refractivity contribution >= 4 is 34.4 Å². The minimum absolute atomic E-state index is 0.00831. The van der Waals surface area contributed by atoms with Gasteiger partial charge in [0.25, 0.3) is 0 Å². The van der Waals surface area contributed by atoms with E-state index >= 15 is 0 Å². The number of benzene rings is 2. The van der Waals surface area contributed by atoms with Crippen molar-refractivity contribution in [2.75, 3.05) is 20.8 Å². The normalized spacial score (nSPS) is 17.8. The van der Waals surface area contributed by atoms with E-state index in [1.165, 1.54) is 29.2 Å². The van der Waals surface area contributed by atoms with Crippen LogP contribution in [0.15, 0.2) is 47.5 Å². The van der Waals surface area contributed by atoms with Crippen molar-refractivity contribution in [3.63, 3.8) is 0 Å². The molecule has 7 nitrogen and oxygen atoms in total. The number of methoxy groups -OCH3 is 2. The first-order valence-corrected chi connectivity index (χ1v) is 10.1. The van der Waals surface area contributed by atoms with E-state index in [1.54, 1.807) is 20.3 Å². The third kappa shape index (κ3) is 5.10. The van der Waals surface area contributed by atoms with E-state index in [0.29, 0.717) is 35.3 Å². The number of nitrogens with zero attached hydrogens (tertiary/aromatic N) is 2. The molecule has 2 aromatic carbocycles. The molecule has 3 rings (SSSR count). The lowest BCUT2D eigenvalue weighted by Crippen LogP contribution is -2.46. The lowest BCUT2D eigenvalue weighted by atomic mass is 10.1. The van der Waals surface area contributed by atoms with Crippen molar-refractivity contribution in [2.24, 2.45) is 10.7 Å². The van der Waals surface area contributed by atoms with E-state index < -0.39 is 11.2 Å². The lowest BCUT2D eigenvalue weighted by molar-refractivity contribution is -0.129. The van der Waals surface area contributed by atoms with E-state index in [0.717, 1.165) is 17.3 Å². The Bertz CT molecular complexity index is 965. The fourth-order valence-corrected chi connectivity index (χ4v) is 4.05. The van der Waals surface area contributed by atoms with Crippen LogP contribution in [0.2, 0.25) is 0 Å². The van der Waals surface area contributed by atoms with Crippen LogP contribution in [0.3, 0.4) is 0 Å². The number of amidine groups is 1. The smallest absolute Gasteiger partial charge is 0.231 e. The van der Waals surface area contributed by atoms with E-state index in [1.807, 2.05) is 12.1 Å². The van der Waals surface area contributed by atoms with E-state index in [2.05, 4.69) is 4.99 Å². The molecule has 158 valence electrons. The average Bonchev–Trinajstić information content (AvgIpc) is 2.74. The molecular weight excluding hydrogens is 409 g/mol. The van der Waals surface area contributed by atoms with Crippen LogP contribution in [0.1, 0.15) is 12.0 Å². The van der Waals surface area contributed by atoms with Crippen molar-refractivity contribution in [1.82, 2.24) is 4.90 Å². The van der Waals surface area contributed by atoms with Gasteiger partial charge in [0.15, 0.2) is 16.7 Å². The third-order valence-electron chi connectivity index (χ3n) is 4.58. The van der Waals surface area contributed by atoms with Crippen LogP contribution < -0.4 is 15.2 Å². The van der Waals surface area contributed by atoms with E-state index in [4.69, 9.17) is 15.2 Å². The number of nitrogens with two attached hydrogens (primary N) is 1. The van der Waals surface area contributed by atoms with Crippen LogP contribution in [-0.2, 0) is 16.0 Å². The van der Waals surface area contributed by atoms with Crippen LogP contribution in [0, 0.1) is 5.82 Å². The summed E-state index contributed by atoms with van der Waals surface area (Å²) in [5.74, 6) is 0.0299. The maximum atomic E-state index is 13.2. The van der Waals surface area contributed by atoms with Gasteiger partial charge < -0.3 is 15.2 Å². The number of carbonyl (C=O) groups is 2. The van der Waals surface area contributed by atoms with Gasteiger partial charge in [0, 0.05) is 13.0 Å². The van der Waals surface area contributed by atoms with Crippen LogP contribution >= 0.6 is 11.8 Å². The summed E-state index contributed by atoms with van der Waals surface area (Å²) >= 11 is 1.14. The Morgan fingerprint density at radius 2 is 1.90 bits per heavy atom. The van der Waals surface area contributed by atoms with Gasteiger partial charge in [-0.1, -0.05) is 17.8 Å². The predicted octanol–water partition coefficient (Wildman–Crippen LogP) is 2.89. The van der Waals surface area contributed by atoms with Gasteiger partial charge in [-0.05, 0) is 48.4 Å². The molecule has 2 amide bonds. The summed E-state index contributed by atoms with van der Waals surface area (Å²) in [6.45, 7) is 0.354. The Morgan fingerprint density at radius 3 is 2.53 bits per heavy atom. The molecule has 0 bridgehead atoms. The van der Waals surface area contributed by atoms with Gasteiger partial charge in [0.1, 0.15) is 5.82 Å². The zero-order chi connectivity index (χ0) is 21.7. The van der Waals surface area contributed by atoms with Gasteiger partial charge in [-0.25, -0.2) is 9.38 Å². The zero-order valence-corrected chi connectivity index (χ0v) is 17.4. The Balaban J connectivity index is 1.83. The van der Waals surface area contributed by atoms with Crippen molar-refractivity contribution < 1.29 is 23.5 Å². The third-order valence-corrected chi connectivity index (χ3v) is 5.79. The Morgan fingerprint density at radius 1 is 1.20 bits per heavy atom. The molecular formula is C21H22FN3O4S. The van der Waals surface area contributed by atoms with Crippen molar-refractivity contribution in [2.45, 2.75) is 18.1 Å². The Hall–Kier alpha value is -3.07. The summed E-state index contributed by atoms with van der Waals surface area (Å²) in [6.07, 6.45) is 0.546. The first kappa shape index (κ1) is 21.6. The summed E-state index contributed by atoms with van der Waals surface area (Å²) < 4.78 is 23.8. The van der Waals surface area contributed by atoms with Crippen LogP contribution in [0.25, 0.3) is 0 Å². The molecule has 0 aromatic heterocycles. The largest absolute Gasteiger partial charge is 0.493 e. The van der Waals surface area contributed by atoms with E-state index in [-0.39, 0.29) is 18.1 Å². The number of carbonyl (C=O) groups excluding carboxylic acids is 2. The standard InChI is InChI=1S/C21H22FN3O4S/c1-28-16-8-3-13(11-17(16)29-2)9-10-25-19(26)12-18(20(23)27)30-21(25)24-15-6-4-14(22)5-7-15/h3-8,11,18H,9-10,12H2,1-2H3,(H2,23,27)/t18-/m0/s1. The second-order valence-corrected chi connectivity index (χ2v) is 7.74. The number of amides is 2. The molecule has 2 N–H and O–H groups in total. The molecule has 0 unspecified atom stereocenters. The maximum absolute atomic E-state index is 13.2. The van der Waals surface area contributed by atoms with Crippen LogP contribution in [0.4, 0.5) is 10.1 Å². The first-order valence-electron chi connectivity index (χ1n) is 9.22. The number of aliphatic imine (C=N–C) groups is 1. The summed E-state index contributed by atoms with van der Waals surface area (Å²) in [5.41, 5.74) is 6.84. The van der Waals surface area contributed by atoms with Gasteiger partial charge in [-0.15, -0.1) is 0 Å². The second-order valence-electron chi connectivity index (χ2n) is 6.57. The number of rotatable bonds is 7. The SMILES string of the molecule is COc1ccc(CCN2C(=O)C[C@@H](C(N)=O)SC2=Nc2ccc(F)cc2)cc1OC. The van der Waals surface area contributed by atoms with Gasteiger partial charge in [-0.2, -0.15) is 0 Å². The highest BCUT2D eigenvalue weighted by Crippen LogP contribution is 2.30. The highest BCUT2D eigenvalue weighted by atomic mass is 32.2. The molecule has 9 heteroatoms. The summed E-state index contributed by atoms with van der Waals surface area (Å²) in [5, 5.41) is -0.323. The monoisotopic (exact) mass is 431 g/mol. The molecule has 30 heavy (non-hydrogen) atoms. The number of hydrogen-bond donors (Lipinski definition) is 1. The lowest BCUT2D eigenvalue weighted by Gasteiger charge is -2.31. The zero-order valence-electron chi connectivity index (χ0n) is 16.6. The minimum atomic E-state index is -0.686. The Labute approximate surface area is 178 Å². The Kier molecular flexibility index (Phi) is 6.94. The fraction of sp³-hybridized carbons (Fsp3) is 0.286. The molecule has 0 spiro atoms. The quantitative estimate of drug-likeness (QED) is 0.728. The molecule has 1 aliphatic rings. The fourth-order valence-electron chi connectivity index (χ4n) is 2.98. The average molecular weight is 431 g/mol. The minimum Gasteiger partial charge on any atom is -0.493 e. The molecule has 1 atom stereocenters. The van der Waals surface area contributed by atoms with Crippen LogP contribution in [-0.4, -0.2) is 47.9 Å². The topological polar surface area (TPSA) is 94.2 Å².